The molecule has 19 heavy (non-hydrogen) atoms. The van der Waals surface area contributed by atoms with Gasteiger partial charge in [0, 0.05) is 5.56 Å². The summed E-state index contributed by atoms with van der Waals surface area (Å²) in [7, 11) is 0. The molecule has 2 aromatic rings. The lowest BCUT2D eigenvalue weighted by Gasteiger charge is -2.09. The van der Waals surface area contributed by atoms with E-state index >= 15 is 0 Å². The molecule has 2 rings (SSSR count). The highest BCUT2D eigenvalue weighted by Gasteiger charge is 2.28. The Balaban J connectivity index is 2.87. The van der Waals surface area contributed by atoms with Crippen LogP contribution >= 0.6 is 0 Å². The van der Waals surface area contributed by atoms with Gasteiger partial charge in [-0.3, -0.25) is 0 Å². The summed E-state index contributed by atoms with van der Waals surface area (Å²) < 4.78 is 79.0. The Labute approximate surface area is 102 Å². The first-order valence-corrected chi connectivity index (χ1v) is 4.85. The van der Waals surface area contributed by atoms with Crippen molar-refractivity contribution in [1.29, 1.82) is 0 Å². The number of halogens is 6. The van der Waals surface area contributed by atoms with E-state index in [0.717, 1.165) is 6.07 Å². The van der Waals surface area contributed by atoms with Crippen LogP contribution in [0.3, 0.4) is 0 Å². The van der Waals surface area contributed by atoms with Gasteiger partial charge in [-0.25, -0.2) is 26.3 Å². The molecule has 0 aliphatic carbocycles. The van der Waals surface area contributed by atoms with Crippen molar-refractivity contribution in [2.75, 3.05) is 0 Å². The van der Waals surface area contributed by atoms with Crippen LogP contribution in [0.15, 0.2) is 18.2 Å². The molecule has 0 radical (unpaired) electrons. The minimum atomic E-state index is -2.33. The third-order valence-electron chi connectivity index (χ3n) is 2.43. The van der Waals surface area contributed by atoms with E-state index in [2.05, 4.69) is 0 Å². The Hall–Kier alpha value is -2.18. The molecule has 1 nitrogen and oxygen atoms in total. The highest BCUT2D eigenvalue weighted by Crippen LogP contribution is 2.34. The van der Waals surface area contributed by atoms with Crippen molar-refractivity contribution >= 4 is 0 Å². The van der Waals surface area contributed by atoms with Crippen LogP contribution in [0.25, 0.3) is 11.1 Å². The topological polar surface area (TPSA) is 20.2 Å². The number of benzene rings is 2. The maximum absolute atomic E-state index is 13.4. The molecule has 0 saturated carbocycles. The van der Waals surface area contributed by atoms with E-state index < -0.39 is 51.8 Å². The van der Waals surface area contributed by atoms with Crippen LogP contribution in [0.2, 0.25) is 0 Å². The molecule has 0 aromatic heterocycles. The lowest BCUT2D eigenvalue weighted by molar-refractivity contribution is 0.381. The van der Waals surface area contributed by atoms with Gasteiger partial charge >= 0.3 is 0 Å². The fraction of sp³-hybridized carbons (Fsp3) is 0. The van der Waals surface area contributed by atoms with E-state index in [-0.39, 0.29) is 0 Å². The van der Waals surface area contributed by atoms with Gasteiger partial charge in [0.15, 0.2) is 23.3 Å². The maximum Gasteiger partial charge on any atom is 0.200 e. The monoisotopic (exact) mass is 278 g/mol. The molecule has 0 fully saturated rings. The first-order valence-electron chi connectivity index (χ1n) is 4.85. The molecule has 0 atom stereocenters. The fourth-order valence-electron chi connectivity index (χ4n) is 1.55. The van der Waals surface area contributed by atoms with Crippen LogP contribution in [-0.4, -0.2) is 5.11 Å². The number of hydrogen-bond acceptors (Lipinski definition) is 1. The van der Waals surface area contributed by atoms with E-state index in [0.29, 0.717) is 12.1 Å². The van der Waals surface area contributed by atoms with Gasteiger partial charge < -0.3 is 5.11 Å². The fourth-order valence-corrected chi connectivity index (χ4v) is 1.55. The molecule has 0 heterocycles. The van der Waals surface area contributed by atoms with Crippen molar-refractivity contribution in [2.24, 2.45) is 0 Å². The van der Waals surface area contributed by atoms with Crippen LogP contribution < -0.4 is 0 Å². The minimum Gasteiger partial charge on any atom is -0.508 e. The number of phenolic OH excluding ortho intramolecular Hbond substituents is 1. The zero-order chi connectivity index (χ0) is 14.3. The first-order chi connectivity index (χ1) is 8.84. The second-order valence-corrected chi connectivity index (χ2v) is 3.61. The molecule has 0 bridgehead atoms. The van der Waals surface area contributed by atoms with Crippen molar-refractivity contribution in [3.05, 3.63) is 53.1 Å². The predicted molar refractivity (Wildman–Crippen MR) is 53.3 cm³/mol. The molecule has 0 saturated heterocycles. The maximum atomic E-state index is 13.4. The molecular weight excluding hydrogens is 274 g/mol. The second-order valence-electron chi connectivity index (χ2n) is 3.61. The summed E-state index contributed by atoms with van der Waals surface area (Å²) in [6, 6.07) is 2.07. The summed E-state index contributed by atoms with van der Waals surface area (Å²) in [6.07, 6.45) is 0. The SMILES string of the molecule is Oc1ccc(F)c(-c2c(F)c(F)c(F)c(F)c2F)c1. The van der Waals surface area contributed by atoms with E-state index in [1.54, 1.807) is 0 Å². The number of aromatic hydroxyl groups is 1. The van der Waals surface area contributed by atoms with Crippen molar-refractivity contribution in [1.82, 2.24) is 0 Å². The van der Waals surface area contributed by atoms with E-state index in [9.17, 15) is 26.3 Å². The number of rotatable bonds is 1. The minimum absolute atomic E-state index is 0.563. The highest BCUT2D eigenvalue weighted by molar-refractivity contribution is 5.67. The molecule has 100 valence electrons. The van der Waals surface area contributed by atoms with Gasteiger partial charge in [0.2, 0.25) is 5.82 Å². The van der Waals surface area contributed by atoms with Crippen LogP contribution in [0.1, 0.15) is 0 Å². The molecule has 0 unspecified atom stereocenters. The third kappa shape index (κ3) is 2.00. The van der Waals surface area contributed by atoms with Crippen molar-refractivity contribution in [3.63, 3.8) is 0 Å². The van der Waals surface area contributed by atoms with E-state index in [4.69, 9.17) is 5.11 Å². The van der Waals surface area contributed by atoms with Crippen molar-refractivity contribution < 1.29 is 31.4 Å². The third-order valence-corrected chi connectivity index (χ3v) is 2.43. The Kier molecular flexibility index (Phi) is 3.13. The highest BCUT2D eigenvalue weighted by atomic mass is 19.2. The van der Waals surface area contributed by atoms with Gasteiger partial charge in [-0.15, -0.1) is 0 Å². The quantitative estimate of drug-likeness (QED) is 0.476. The molecule has 0 aliphatic heterocycles. The number of hydrogen-bond donors (Lipinski definition) is 1. The van der Waals surface area contributed by atoms with Gasteiger partial charge in [-0.05, 0) is 18.2 Å². The molecule has 7 heteroatoms. The summed E-state index contributed by atoms with van der Waals surface area (Å²) >= 11 is 0. The van der Waals surface area contributed by atoms with Gasteiger partial charge in [0.25, 0.3) is 0 Å². The average molecular weight is 278 g/mol. The van der Waals surface area contributed by atoms with Gasteiger partial charge in [0.05, 0.1) is 5.56 Å². The second kappa shape index (κ2) is 4.49. The lowest BCUT2D eigenvalue weighted by atomic mass is 10.0. The smallest absolute Gasteiger partial charge is 0.200 e. The van der Waals surface area contributed by atoms with Crippen molar-refractivity contribution in [3.8, 4) is 16.9 Å². The van der Waals surface area contributed by atoms with Gasteiger partial charge in [-0.2, -0.15) is 0 Å². The van der Waals surface area contributed by atoms with Crippen molar-refractivity contribution in [2.45, 2.75) is 0 Å². The molecule has 2 aromatic carbocycles. The summed E-state index contributed by atoms with van der Waals surface area (Å²) in [4.78, 5) is 0. The van der Waals surface area contributed by atoms with Crippen LogP contribution in [-0.2, 0) is 0 Å². The normalized spacial score (nSPS) is 10.8. The van der Waals surface area contributed by atoms with Gasteiger partial charge in [0.1, 0.15) is 11.6 Å². The van der Waals surface area contributed by atoms with Gasteiger partial charge in [-0.1, -0.05) is 0 Å². The Morgan fingerprint density at radius 1 is 0.684 bits per heavy atom. The molecule has 0 aliphatic rings. The summed E-state index contributed by atoms with van der Waals surface area (Å²) in [5, 5.41) is 9.10. The predicted octanol–water partition coefficient (Wildman–Crippen LogP) is 3.89. The average Bonchev–Trinajstić information content (AvgIpc) is 2.38. The summed E-state index contributed by atoms with van der Waals surface area (Å²) in [5.41, 5.74) is -2.35. The summed E-state index contributed by atoms with van der Waals surface area (Å²) in [6.45, 7) is 0. The van der Waals surface area contributed by atoms with Crippen LogP contribution in [0.4, 0.5) is 26.3 Å². The van der Waals surface area contributed by atoms with Crippen LogP contribution in [0.5, 0.6) is 5.75 Å². The zero-order valence-corrected chi connectivity index (χ0v) is 8.95. The number of phenols is 1. The Bertz CT molecular complexity index is 639. The Morgan fingerprint density at radius 2 is 1.16 bits per heavy atom. The molecule has 1 N–H and O–H groups in total. The van der Waals surface area contributed by atoms with E-state index in [1.165, 1.54) is 0 Å². The zero-order valence-electron chi connectivity index (χ0n) is 8.95. The first kappa shape index (κ1) is 13.3. The summed E-state index contributed by atoms with van der Waals surface area (Å²) in [5.74, 6) is -12.9. The van der Waals surface area contributed by atoms with Crippen LogP contribution in [0, 0.1) is 34.9 Å². The molecule has 0 amide bonds. The van der Waals surface area contributed by atoms with E-state index in [1.807, 2.05) is 0 Å². The standard InChI is InChI=1S/C12H4F6O/c13-6-2-1-4(19)3-5(6)7-8(14)10(16)12(18)11(17)9(7)15/h1-3,19H. The molecular formula is C12H4F6O. The molecule has 0 spiro atoms. The Morgan fingerprint density at radius 3 is 1.68 bits per heavy atom. The lowest BCUT2D eigenvalue weighted by Crippen LogP contribution is -2.04. The largest absolute Gasteiger partial charge is 0.508 e.